The molecule has 8 atom stereocenters. The van der Waals surface area contributed by atoms with E-state index in [1.165, 1.54) is 51.2 Å². The first-order valence-electron chi connectivity index (χ1n) is 10.9. The van der Waals surface area contributed by atoms with Gasteiger partial charge >= 0.3 is 0 Å². The average Bonchev–Trinajstić information content (AvgIpc) is 2.99. The van der Waals surface area contributed by atoms with Gasteiger partial charge in [0.25, 0.3) is 0 Å². The van der Waals surface area contributed by atoms with Crippen molar-refractivity contribution in [3.05, 3.63) is 11.6 Å². The summed E-state index contributed by atoms with van der Waals surface area (Å²) in [4.78, 5) is 11.7. The predicted octanol–water partition coefficient (Wildman–Crippen LogP) is 5.26. The van der Waals surface area contributed by atoms with Gasteiger partial charge in [0.15, 0.2) is 0 Å². The zero-order valence-corrected chi connectivity index (χ0v) is 30.6. The van der Waals surface area contributed by atoms with Gasteiger partial charge in [-0.3, -0.25) is 0 Å². The second-order valence-corrected chi connectivity index (χ2v) is 10.4. The average molecular weight is 794 g/mol. The fourth-order valence-electron chi connectivity index (χ4n) is 7.95. The van der Waals surface area contributed by atoms with E-state index in [-0.39, 0.29) is 130 Å². The van der Waals surface area contributed by atoms with Crippen LogP contribution in [0, 0.1) is 164 Å². The van der Waals surface area contributed by atoms with Gasteiger partial charge in [-0.15, -0.1) is 0 Å². The molecule has 3 fully saturated rings. The number of rotatable bonds is 4. The van der Waals surface area contributed by atoms with Crippen LogP contribution in [0.3, 0.4) is 0 Å². The van der Waals surface area contributed by atoms with Crippen molar-refractivity contribution in [1.82, 2.24) is 0 Å². The molecule has 0 N–H and O–H groups in total. The molecule has 0 spiro atoms. The molecular formula is C23H35O2Pr3Si. The fourth-order valence-corrected chi connectivity index (χ4v) is 8.15. The third-order valence-corrected chi connectivity index (χ3v) is 9.80. The van der Waals surface area contributed by atoms with Crippen molar-refractivity contribution in [2.75, 3.05) is 0 Å². The minimum Gasteiger partial charge on any atom is -0.415 e. The summed E-state index contributed by atoms with van der Waals surface area (Å²) in [6.07, 6.45) is 15.3. The molecule has 6 heteroatoms. The van der Waals surface area contributed by atoms with Gasteiger partial charge in [-0.25, -0.2) is 0 Å². The minimum absolute atomic E-state index is 0. The number of hydrogen-bond donors (Lipinski definition) is 0. The van der Waals surface area contributed by atoms with Crippen LogP contribution in [0.1, 0.15) is 78.6 Å². The molecule has 0 heterocycles. The summed E-state index contributed by atoms with van der Waals surface area (Å²) in [7, 11) is 3.29. The smallest absolute Gasteiger partial charge is 0.246 e. The molecule has 3 saturated carbocycles. The van der Waals surface area contributed by atoms with E-state index < -0.39 is 0 Å². The molecule has 4 aliphatic rings. The Kier molecular flexibility index (Phi) is 13.3. The van der Waals surface area contributed by atoms with Gasteiger partial charge in [-0.2, -0.15) is 0 Å². The number of aldehydes is 1. The molecule has 152 valence electrons. The summed E-state index contributed by atoms with van der Waals surface area (Å²) in [6, 6.07) is 0. The van der Waals surface area contributed by atoms with Gasteiger partial charge in [0.1, 0.15) is 6.29 Å². The van der Waals surface area contributed by atoms with Crippen LogP contribution < -0.4 is 0 Å². The van der Waals surface area contributed by atoms with Crippen LogP contribution in [0.5, 0.6) is 0 Å². The van der Waals surface area contributed by atoms with Gasteiger partial charge in [0.2, 0.25) is 10.5 Å². The number of carbonyl (C=O) groups excluding carboxylic acids is 1. The van der Waals surface area contributed by atoms with Gasteiger partial charge in [-0.1, -0.05) is 32.4 Å². The molecule has 4 aliphatic carbocycles. The quantitative estimate of drug-likeness (QED) is 0.221. The van der Waals surface area contributed by atoms with Crippen LogP contribution in [-0.2, 0) is 9.22 Å². The maximum absolute atomic E-state index is 11.7. The molecule has 0 aromatic heterocycles. The van der Waals surface area contributed by atoms with E-state index in [0.717, 1.165) is 30.6 Å². The summed E-state index contributed by atoms with van der Waals surface area (Å²) >= 11 is 0. The first kappa shape index (κ1) is 30.7. The van der Waals surface area contributed by atoms with Crippen LogP contribution in [0.4, 0.5) is 0 Å². The monoisotopic (exact) mass is 794 g/mol. The van der Waals surface area contributed by atoms with E-state index in [2.05, 4.69) is 37.3 Å². The SMILES string of the molecule is CCC(C=O)[C@H]1CC[C@H]2[C@@H]3CC=C4CC(O[Si])CC[C@]4(C)[C@H]3CC[C@]12C.[Pr].[Pr].[Pr]. The molecule has 0 aromatic rings. The van der Waals surface area contributed by atoms with Crippen LogP contribution in [-0.4, -0.2) is 22.9 Å². The minimum atomic E-state index is 0. The third-order valence-electron chi connectivity index (χ3n) is 9.46. The van der Waals surface area contributed by atoms with E-state index in [1.807, 2.05) is 0 Å². The standard InChI is InChI=1S/C23H35O2Si.3Pr/c1-4-15(14-24)19-7-8-20-18-6-5-16-13-17(25-26)9-11-22(16,2)21(18)10-12-23(19,20)3;;;/h5,14-15,17-21H,4,6-13H2,1-3H3;;;/t15?,17?,18-,19+,20-,21-,22-,23+;;;/m0.../s1. The van der Waals surface area contributed by atoms with E-state index >= 15 is 0 Å². The Morgan fingerprint density at radius 1 is 1.14 bits per heavy atom. The molecule has 0 aromatic carbocycles. The van der Waals surface area contributed by atoms with E-state index in [4.69, 9.17) is 4.43 Å². The Balaban J connectivity index is 0.00000140. The van der Waals surface area contributed by atoms with Gasteiger partial charge in [0.05, 0.1) is 0 Å². The summed E-state index contributed by atoms with van der Waals surface area (Å²) in [5.74, 6) is 3.38. The van der Waals surface area contributed by atoms with Crippen molar-refractivity contribution in [3.63, 3.8) is 0 Å². The van der Waals surface area contributed by atoms with E-state index in [1.54, 1.807) is 5.57 Å². The molecule has 2 unspecified atom stereocenters. The topological polar surface area (TPSA) is 26.3 Å². The Labute approximate surface area is 281 Å². The molecule has 0 saturated heterocycles. The van der Waals surface area contributed by atoms with Crippen molar-refractivity contribution in [2.45, 2.75) is 84.7 Å². The zero-order valence-electron chi connectivity index (χ0n) is 18.5. The molecule has 2 nitrogen and oxygen atoms in total. The second-order valence-electron chi connectivity index (χ2n) is 10.2. The molecule has 0 bridgehead atoms. The van der Waals surface area contributed by atoms with E-state index in [0.29, 0.717) is 22.9 Å². The third kappa shape index (κ3) is 5.43. The van der Waals surface area contributed by atoms with Crippen LogP contribution >= 0.6 is 0 Å². The second kappa shape index (κ2) is 12.6. The molecule has 0 amide bonds. The maximum Gasteiger partial charge on any atom is 0.246 e. The maximum atomic E-state index is 11.7. The number of carbonyl (C=O) groups is 1. The van der Waals surface area contributed by atoms with Crippen LogP contribution in [0.2, 0.25) is 0 Å². The largest absolute Gasteiger partial charge is 0.415 e. The van der Waals surface area contributed by atoms with Crippen molar-refractivity contribution in [1.29, 1.82) is 0 Å². The van der Waals surface area contributed by atoms with Gasteiger partial charge in [-0.05, 0) is 92.3 Å². The Hall–Kier alpha value is 3.68. The summed E-state index contributed by atoms with van der Waals surface area (Å²) < 4.78 is 5.50. The summed E-state index contributed by atoms with van der Waals surface area (Å²) in [5.41, 5.74) is 2.45. The number of hydrogen-bond acceptors (Lipinski definition) is 2. The van der Waals surface area contributed by atoms with Crippen LogP contribution in [0.15, 0.2) is 11.6 Å². The fraction of sp³-hybridized carbons (Fsp3) is 0.870. The predicted molar refractivity (Wildman–Crippen MR) is 106 cm³/mol. The first-order valence-corrected chi connectivity index (χ1v) is 11.4. The molecule has 0 aliphatic heterocycles. The molecule has 6 radical (unpaired) electrons. The summed E-state index contributed by atoms with van der Waals surface area (Å²) in [6.45, 7) is 7.28. The van der Waals surface area contributed by atoms with Crippen molar-refractivity contribution in [3.8, 4) is 0 Å². The van der Waals surface area contributed by atoms with Crippen molar-refractivity contribution in [2.24, 2.45) is 40.4 Å². The molecule has 29 heavy (non-hydrogen) atoms. The number of fused-ring (bicyclic) bond motifs is 5. The summed E-state index contributed by atoms with van der Waals surface area (Å²) in [5, 5.41) is 0. The normalized spacial score (nSPS) is 43.7. The Bertz CT molecular complexity index is 601. The Morgan fingerprint density at radius 3 is 2.48 bits per heavy atom. The van der Waals surface area contributed by atoms with Crippen LogP contribution in [0.25, 0.3) is 0 Å². The van der Waals surface area contributed by atoms with Gasteiger partial charge < -0.3 is 9.22 Å². The van der Waals surface area contributed by atoms with E-state index in [9.17, 15) is 4.79 Å². The van der Waals surface area contributed by atoms with Crippen molar-refractivity contribution >= 4 is 16.8 Å². The first-order chi connectivity index (χ1) is 12.5. The number of allylic oxidation sites excluding steroid dienone is 1. The molecular weight excluding hydrogens is 759 g/mol. The Morgan fingerprint density at radius 2 is 1.86 bits per heavy atom. The zero-order chi connectivity index (χ0) is 18.5. The van der Waals surface area contributed by atoms with Gasteiger partial charge in [0, 0.05) is 136 Å². The molecule has 4 rings (SSSR count). The van der Waals surface area contributed by atoms with Crippen molar-refractivity contribution < 1.29 is 133 Å².